The Kier molecular flexibility index (Phi) is 6.60. The van der Waals surface area contributed by atoms with Gasteiger partial charge in [-0.2, -0.15) is 0 Å². The minimum Gasteiger partial charge on any atom is -0.385 e. The summed E-state index contributed by atoms with van der Waals surface area (Å²) in [5, 5.41) is 12.7. The van der Waals surface area contributed by atoms with Gasteiger partial charge in [-0.05, 0) is 60.9 Å². The van der Waals surface area contributed by atoms with Crippen LogP contribution in [-0.4, -0.2) is 38.6 Å². The highest BCUT2D eigenvalue weighted by Crippen LogP contribution is 2.35. The van der Waals surface area contributed by atoms with Crippen molar-refractivity contribution in [3.05, 3.63) is 105 Å². The Morgan fingerprint density at radius 3 is 2.20 bits per heavy atom. The maximum Gasteiger partial charge on any atom is 0.274 e. The summed E-state index contributed by atoms with van der Waals surface area (Å²) in [7, 11) is 0. The highest BCUT2D eigenvalue weighted by Gasteiger charge is 2.36. The van der Waals surface area contributed by atoms with Gasteiger partial charge in [-0.3, -0.25) is 9.36 Å². The number of hydrogen-bond donors (Lipinski definition) is 1. The Bertz CT molecular complexity index is 1360. The smallest absolute Gasteiger partial charge is 0.274 e. The normalized spacial score (nSPS) is 15.3. The van der Waals surface area contributed by atoms with Gasteiger partial charge in [0.05, 0.1) is 10.6 Å². The van der Waals surface area contributed by atoms with Crippen LogP contribution in [0.25, 0.3) is 17.1 Å². The molecule has 8 heteroatoms. The molecule has 5 rings (SSSR count). The predicted octanol–water partition coefficient (Wildman–Crippen LogP) is 6.62. The molecule has 0 saturated carbocycles. The van der Waals surface area contributed by atoms with Crippen molar-refractivity contribution in [2.75, 3.05) is 13.1 Å². The highest BCUT2D eigenvalue weighted by molar-refractivity contribution is 6.36. The zero-order chi connectivity index (χ0) is 24.6. The van der Waals surface area contributed by atoms with Crippen LogP contribution in [0.5, 0.6) is 0 Å². The van der Waals surface area contributed by atoms with E-state index in [0.29, 0.717) is 58.1 Å². The topological polar surface area (TPSA) is 58.4 Å². The number of hydrogen-bond acceptors (Lipinski definition) is 3. The quantitative estimate of drug-likeness (QED) is 0.325. The molecule has 1 aromatic heterocycles. The van der Waals surface area contributed by atoms with Crippen LogP contribution in [0.2, 0.25) is 15.1 Å². The average molecular weight is 527 g/mol. The molecule has 1 N–H and O–H groups in total. The number of amides is 1. The number of carbonyl (C=O) groups excluding carboxylic acids is 1. The van der Waals surface area contributed by atoms with Gasteiger partial charge in [-0.25, -0.2) is 4.98 Å². The number of carbonyl (C=O) groups is 1. The summed E-state index contributed by atoms with van der Waals surface area (Å²) < 4.78 is 1.82. The summed E-state index contributed by atoms with van der Waals surface area (Å²) in [6, 6.07) is 22.0. The molecule has 4 aromatic rings. The lowest BCUT2D eigenvalue weighted by atomic mass is 9.84. The third-order valence-corrected chi connectivity index (χ3v) is 7.19. The summed E-state index contributed by atoms with van der Waals surface area (Å²) in [4.78, 5) is 19.9. The summed E-state index contributed by atoms with van der Waals surface area (Å²) in [5.41, 5.74) is 1.68. The number of imidazole rings is 1. The molecular weight excluding hydrogens is 505 g/mol. The maximum absolute atomic E-state index is 13.5. The van der Waals surface area contributed by atoms with Crippen molar-refractivity contribution in [2.24, 2.45) is 0 Å². The van der Waals surface area contributed by atoms with Crippen LogP contribution in [0, 0.1) is 0 Å². The van der Waals surface area contributed by atoms with Gasteiger partial charge < -0.3 is 10.0 Å². The van der Waals surface area contributed by atoms with Gasteiger partial charge in [0.1, 0.15) is 11.5 Å². The second-order valence-corrected chi connectivity index (χ2v) is 9.89. The fourth-order valence-electron chi connectivity index (χ4n) is 4.42. The minimum atomic E-state index is -0.942. The third kappa shape index (κ3) is 4.82. The van der Waals surface area contributed by atoms with E-state index in [-0.39, 0.29) is 5.91 Å². The molecule has 3 aromatic carbocycles. The lowest BCUT2D eigenvalue weighted by Crippen LogP contribution is -2.45. The lowest BCUT2D eigenvalue weighted by Gasteiger charge is -2.38. The Morgan fingerprint density at radius 2 is 1.54 bits per heavy atom. The minimum absolute atomic E-state index is 0.195. The standard InChI is InChI=1S/C27H22Cl3N3O2/c28-19-6-9-21(10-7-19)33-17-24(31-25(33)22-11-8-20(29)16-23(22)30)26(34)32-14-12-27(35,13-15-32)18-4-2-1-3-5-18/h1-11,16-17,35H,12-15H2. The number of benzene rings is 3. The highest BCUT2D eigenvalue weighted by atomic mass is 35.5. The second kappa shape index (κ2) is 9.67. The SMILES string of the molecule is O=C(c1cn(-c2ccc(Cl)cc2)c(-c2ccc(Cl)cc2Cl)n1)N1CCC(O)(c2ccccc2)CC1. The summed E-state index contributed by atoms with van der Waals surface area (Å²) in [6.07, 6.45) is 2.62. The number of rotatable bonds is 4. The average Bonchev–Trinajstić information content (AvgIpc) is 3.30. The van der Waals surface area contributed by atoms with Gasteiger partial charge in [0.15, 0.2) is 0 Å². The molecule has 0 bridgehead atoms. The third-order valence-electron chi connectivity index (χ3n) is 6.39. The molecule has 1 aliphatic heterocycles. The van der Waals surface area contributed by atoms with Gasteiger partial charge in [0.2, 0.25) is 0 Å². The van der Waals surface area contributed by atoms with Crippen LogP contribution >= 0.6 is 34.8 Å². The Hall–Kier alpha value is -2.83. The van der Waals surface area contributed by atoms with Crippen LogP contribution in [-0.2, 0) is 5.60 Å². The zero-order valence-electron chi connectivity index (χ0n) is 18.7. The number of aliphatic hydroxyl groups is 1. The van der Waals surface area contributed by atoms with Gasteiger partial charge in [0, 0.05) is 40.6 Å². The van der Waals surface area contributed by atoms with Crippen molar-refractivity contribution in [3.63, 3.8) is 0 Å². The molecule has 2 heterocycles. The van der Waals surface area contributed by atoms with E-state index in [9.17, 15) is 9.90 Å². The first-order valence-corrected chi connectivity index (χ1v) is 12.4. The van der Waals surface area contributed by atoms with Gasteiger partial charge >= 0.3 is 0 Å². The predicted molar refractivity (Wildman–Crippen MR) is 140 cm³/mol. The first kappa shape index (κ1) is 23.9. The summed E-state index contributed by atoms with van der Waals surface area (Å²) in [6.45, 7) is 0.851. The van der Waals surface area contributed by atoms with E-state index in [1.165, 1.54) is 0 Å². The van der Waals surface area contributed by atoms with Crippen LogP contribution in [0.15, 0.2) is 79.0 Å². The largest absolute Gasteiger partial charge is 0.385 e. The fraction of sp³-hybridized carbons (Fsp3) is 0.185. The van der Waals surface area contributed by atoms with Crippen LogP contribution in [0.1, 0.15) is 28.9 Å². The Morgan fingerprint density at radius 1 is 0.886 bits per heavy atom. The zero-order valence-corrected chi connectivity index (χ0v) is 20.9. The molecule has 0 spiro atoms. The van der Waals surface area contributed by atoms with Crippen molar-refractivity contribution in [2.45, 2.75) is 18.4 Å². The number of aromatic nitrogens is 2. The van der Waals surface area contributed by atoms with E-state index in [2.05, 4.69) is 4.98 Å². The molecule has 1 saturated heterocycles. The van der Waals surface area contributed by atoms with E-state index in [0.717, 1.165) is 11.3 Å². The van der Waals surface area contributed by atoms with Crippen molar-refractivity contribution < 1.29 is 9.90 Å². The van der Waals surface area contributed by atoms with E-state index >= 15 is 0 Å². The molecule has 178 valence electrons. The molecule has 5 nitrogen and oxygen atoms in total. The fourth-order valence-corrected chi connectivity index (χ4v) is 5.04. The van der Waals surface area contributed by atoms with E-state index in [1.807, 2.05) is 47.0 Å². The van der Waals surface area contributed by atoms with Gasteiger partial charge in [-0.1, -0.05) is 65.1 Å². The number of nitrogens with zero attached hydrogens (tertiary/aromatic N) is 3. The molecule has 0 atom stereocenters. The van der Waals surface area contributed by atoms with E-state index in [4.69, 9.17) is 34.8 Å². The summed E-state index contributed by atoms with van der Waals surface area (Å²) >= 11 is 18.7. The molecule has 0 radical (unpaired) electrons. The van der Waals surface area contributed by atoms with Crippen LogP contribution in [0.4, 0.5) is 0 Å². The van der Waals surface area contributed by atoms with E-state index < -0.39 is 5.60 Å². The number of piperidine rings is 1. The second-order valence-electron chi connectivity index (χ2n) is 8.61. The van der Waals surface area contributed by atoms with Crippen molar-refractivity contribution in [1.29, 1.82) is 0 Å². The first-order chi connectivity index (χ1) is 16.8. The Labute approximate surface area is 218 Å². The molecule has 0 aliphatic carbocycles. The molecule has 1 amide bonds. The molecule has 35 heavy (non-hydrogen) atoms. The van der Waals surface area contributed by atoms with Gasteiger partial charge in [-0.15, -0.1) is 0 Å². The first-order valence-electron chi connectivity index (χ1n) is 11.2. The van der Waals surface area contributed by atoms with Crippen LogP contribution in [0.3, 0.4) is 0 Å². The lowest BCUT2D eigenvalue weighted by molar-refractivity contribution is -0.0212. The summed E-state index contributed by atoms with van der Waals surface area (Å²) in [5.74, 6) is 0.328. The number of likely N-dealkylation sites (tertiary alicyclic amines) is 1. The molecular formula is C27H22Cl3N3O2. The molecule has 1 fully saturated rings. The van der Waals surface area contributed by atoms with Crippen LogP contribution < -0.4 is 0 Å². The monoisotopic (exact) mass is 525 g/mol. The van der Waals surface area contributed by atoms with E-state index in [1.54, 1.807) is 41.4 Å². The Balaban J connectivity index is 1.46. The molecule has 0 unspecified atom stereocenters. The van der Waals surface area contributed by atoms with Crippen molar-refractivity contribution in [3.8, 4) is 17.1 Å². The van der Waals surface area contributed by atoms with Crippen molar-refractivity contribution >= 4 is 40.7 Å². The number of halogens is 3. The van der Waals surface area contributed by atoms with Crippen molar-refractivity contribution in [1.82, 2.24) is 14.5 Å². The molecule has 1 aliphatic rings. The van der Waals surface area contributed by atoms with Gasteiger partial charge in [0.25, 0.3) is 5.91 Å². The maximum atomic E-state index is 13.5.